The Kier molecular flexibility index (Phi) is 5.07. The van der Waals surface area contributed by atoms with Crippen LogP contribution in [-0.2, 0) is 4.79 Å². The average molecular weight is 260 g/mol. The third-order valence-corrected chi connectivity index (χ3v) is 2.80. The van der Waals surface area contributed by atoms with Crippen LogP contribution in [-0.4, -0.2) is 29.9 Å². The molecule has 1 unspecified atom stereocenters. The van der Waals surface area contributed by atoms with Crippen molar-refractivity contribution in [1.29, 1.82) is 5.26 Å². The quantitative estimate of drug-likeness (QED) is 0.624. The lowest BCUT2D eigenvalue weighted by Crippen LogP contribution is -2.32. The van der Waals surface area contributed by atoms with Crippen LogP contribution in [0, 0.1) is 17.2 Å². The average Bonchev–Trinajstić information content (AvgIpc) is 2.38. The highest BCUT2D eigenvalue weighted by molar-refractivity contribution is 5.95. The van der Waals surface area contributed by atoms with Crippen LogP contribution in [0.4, 0.5) is 5.69 Å². The molecule has 0 fully saturated rings. The number of Topliss-reactive ketones (excluding diaryl/α,β-unsaturated/α-hetero) is 1. The van der Waals surface area contributed by atoms with Crippen LogP contribution < -0.4 is 4.90 Å². The van der Waals surface area contributed by atoms with Crippen molar-refractivity contribution in [1.82, 2.24) is 0 Å². The number of carbonyl (C=O) groups is 2. The van der Waals surface area contributed by atoms with Crippen LogP contribution in [0.3, 0.4) is 0 Å². The summed E-state index contributed by atoms with van der Waals surface area (Å²) in [5.41, 5.74) is 1.23. The minimum absolute atomic E-state index is 0.0648. The second-order valence-electron chi connectivity index (χ2n) is 4.38. The van der Waals surface area contributed by atoms with Gasteiger partial charge in [0.2, 0.25) is 0 Å². The van der Waals surface area contributed by atoms with Crippen LogP contribution in [0.1, 0.15) is 24.2 Å². The first-order chi connectivity index (χ1) is 8.95. The van der Waals surface area contributed by atoms with Gasteiger partial charge in [0.15, 0.2) is 5.78 Å². The maximum atomic E-state index is 11.3. The van der Waals surface area contributed by atoms with E-state index in [2.05, 4.69) is 0 Å². The standard InChI is InChI=1S/C14H16N2O3/c1-10(14(18)19)9-16(7-6-15)13-5-3-4-12(8-13)11(2)17/h3-5,8,10H,7,9H2,1-2H3,(H,18,19). The highest BCUT2D eigenvalue weighted by Gasteiger charge is 2.17. The molecule has 1 N–H and O–H groups in total. The Labute approximate surface area is 112 Å². The van der Waals surface area contributed by atoms with E-state index in [1.165, 1.54) is 6.92 Å². The molecule has 0 saturated carbocycles. The monoisotopic (exact) mass is 260 g/mol. The van der Waals surface area contributed by atoms with Crippen molar-refractivity contribution in [3.8, 4) is 6.07 Å². The summed E-state index contributed by atoms with van der Waals surface area (Å²) in [6.07, 6.45) is 0. The molecule has 1 atom stereocenters. The molecular weight excluding hydrogens is 244 g/mol. The first kappa shape index (κ1) is 14.7. The molecule has 0 amide bonds. The molecule has 5 heteroatoms. The number of benzene rings is 1. The minimum Gasteiger partial charge on any atom is -0.481 e. The first-order valence-electron chi connectivity index (χ1n) is 5.91. The Morgan fingerprint density at radius 2 is 2.16 bits per heavy atom. The summed E-state index contributed by atoms with van der Waals surface area (Å²) in [7, 11) is 0. The van der Waals surface area contributed by atoms with Crippen molar-refractivity contribution in [2.45, 2.75) is 13.8 Å². The van der Waals surface area contributed by atoms with Gasteiger partial charge < -0.3 is 10.0 Å². The maximum Gasteiger partial charge on any atom is 0.308 e. The SMILES string of the molecule is CC(=O)c1cccc(N(CC#N)CC(C)C(=O)O)c1. The fourth-order valence-corrected chi connectivity index (χ4v) is 1.68. The van der Waals surface area contributed by atoms with Gasteiger partial charge in [0, 0.05) is 17.8 Å². The molecule has 0 radical (unpaired) electrons. The topological polar surface area (TPSA) is 81.4 Å². The number of hydrogen-bond acceptors (Lipinski definition) is 4. The van der Waals surface area contributed by atoms with Crippen molar-refractivity contribution in [3.05, 3.63) is 29.8 Å². The van der Waals surface area contributed by atoms with E-state index < -0.39 is 11.9 Å². The van der Waals surface area contributed by atoms with Gasteiger partial charge in [-0.3, -0.25) is 9.59 Å². The van der Waals surface area contributed by atoms with Gasteiger partial charge in [-0.25, -0.2) is 0 Å². The molecular formula is C14H16N2O3. The summed E-state index contributed by atoms with van der Waals surface area (Å²) < 4.78 is 0. The van der Waals surface area contributed by atoms with E-state index in [9.17, 15) is 9.59 Å². The largest absolute Gasteiger partial charge is 0.481 e. The number of carbonyl (C=O) groups excluding carboxylic acids is 1. The molecule has 0 saturated heterocycles. The first-order valence-corrected chi connectivity index (χ1v) is 5.91. The van der Waals surface area contributed by atoms with Crippen LogP contribution >= 0.6 is 0 Å². The summed E-state index contributed by atoms with van der Waals surface area (Å²) in [5.74, 6) is -1.56. The van der Waals surface area contributed by atoms with Gasteiger partial charge in [0.05, 0.1) is 12.0 Å². The zero-order chi connectivity index (χ0) is 14.4. The number of anilines is 1. The van der Waals surface area contributed by atoms with Gasteiger partial charge >= 0.3 is 5.97 Å². The molecule has 100 valence electrons. The van der Waals surface area contributed by atoms with Crippen molar-refractivity contribution in [2.75, 3.05) is 18.0 Å². The number of carboxylic acid groups (broad SMARTS) is 1. The van der Waals surface area contributed by atoms with E-state index in [-0.39, 0.29) is 18.9 Å². The molecule has 1 rings (SSSR count). The number of nitriles is 1. The zero-order valence-electron chi connectivity index (χ0n) is 11.0. The molecule has 1 aromatic rings. The smallest absolute Gasteiger partial charge is 0.308 e. The van der Waals surface area contributed by atoms with Gasteiger partial charge in [-0.05, 0) is 19.1 Å². The number of aliphatic carboxylic acids is 1. The third-order valence-electron chi connectivity index (χ3n) is 2.80. The van der Waals surface area contributed by atoms with E-state index in [4.69, 9.17) is 10.4 Å². The number of nitrogens with zero attached hydrogens (tertiary/aromatic N) is 2. The number of carboxylic acids is 1. The second-order valence-corrected chi connectivity index (χ2v) is 4.38. The Morgan fingerprint density at radius 3 is 2.68 bits per heavy atom. The van der Waals surface area contributed by atoms with Crippen molar-refractivity contribution >= 4 is 17.4 Å². The Bertz CT molecular complexity index is 520. The Hall–Kier alpha value is -2.35. The van der Waals surface area contributed by atoms with Crippen LogP contribution in [0.25, 0.3) is 0 Å². The molecule has 0 aromatic heterocycles. The lowest BCUT2D eigenvalue weighted by molar-refractivity contribution is -0.140. The Balaban J connectivity index is 2.99. The van der Waals surface area contributed by atoms with E-state index >= 15 is 0 Å². The van der Waals surface area contributed by atoms with Crippen molar-refractivity contribution in [3.63, 3.8) is 0 Å². The second kappa shape index (κ2) is 6.55. The number of hydrogen-bond donors (Lipinski definition) is 1. The molecule has 0 aliphatic rings. The van der Waals surface area contributed by atoms with Crippen LogP contribution in [0.2, 0.25) is 0 Å². The summed E-state index contributed by atoms with van der Waals surface area (Å²) in [4.78, 5) is 23.9. The minimum atomic E-state index is -0.911. The summed E-state index contributed by atoms with van der Waals surface area (Å²) in [6, 6.07) is 8.86. The summed E-state index contributed by atoms with van der Waals surface area (Å²) in [6.45, 7) is 3.36. The van der Waals surface area contributed by atoms with Gasteiger partial charge in [-0.15, -0.1) is 0 Å². The van der Waals surface area contributed by atoms with E-state index in [0.717, 1.165) is 0 Å². The van der Waals surface area contributed by atoms with Gasteiger partial charge in [0.25, 0.3) is 0 Å². The number of rotatable bonds is 6. The lowest BCUT2D eigenvalue weighted by Gasteiger charge is -2.24. The molecule has 0 aliphatic heterocycles. The van der Waals surface area contributed by atoms with E-state index in [1.54, 1.807) is 36.1 Å². The van der Waals surface area contributed by atoms with Crippen LogP contribution in [0.15, 0.2) is 24.3 Å². The van der Waals surface area contributed by atoms with Gasteiger partial charge in [0.1, 0.15) is 6.54 Å². The Morgan fingerprint density at radius 1 is 1.47 bits per heavy atom. The van der Waals surface area contributed by atoms with E-state index in [0.29, 0.717) is 11.3 Å². The molecule has 0 heterocycles. The number of ketones is 1. The van der Waals surface area contributed by atoms with Crippen LogP contribution in [0.5, 0.6) is 0 Å². The zero-order valence-corrected chi connectivity index (χ0v) is 11.0. The van der Waals surface area contributed by atoms with Crippen molar-refractivity contribution in [2.24, 2.45) is 5.92 Å². The normalized spacial score (nSPS) is 11.4. The highest BCUT2D eigenvalue weighted by Crippen LogP contribution is 2.18. The molecule has 0 bridgehead atoms. The molecule has 19 heavy (non-hydrogen) atoms. The van der Waals surface area contributed by atoms with E-state index in [1.807, 2.05) is 6.07 Å². The van der Waals surface area contributed by atoms with Crippen molar-refractivity contribution < 1.29 is 14.7 Å². The molecule has 1 aromatic carbocycles. The lowest BCUT2D eigenvalue weighted by atomic mass is 10.1. The van der Waals surface area contributed by atoms with Gasteiger partial charge in [-0.1, -0.05) is 19.1 Å². The fraction of sp³-hybridized carbons (Fsp3) is 0.357. The maximum absolute atomic E-state index is 11.3. The summed E-state index contributed by atoms with van der Waals surface area (Å²) >= 11 is 0. The van der Waals surface area contributed by atoms with Gasteiger partial charge in [-0.2, -0.15) is 5.26 Å². The fourth-order valence-electron chi connectivity index (χ4n) is 1.68. The predicted octanol–water partition coefficient (Wildman–Crippen LogP) is 1.94. The third kappa shape index (κ3) is 4.11. The predicted molar refractivity (Wildman–Crippen MR) is 71.1 cm³/mol. The molecule has 5 nitrogen and oxygen atoms in total. The molecule has 0 aliphatic carbocycles. The highest BCUT2D eigenvalue weighted by atomic mass is 16.4. The summed E-state index contributed by atoms with van der Waals surface area (Å²) in [5, 5.41) is 17.7. The molecule has 0 spiro atoms.